The highest BCUT2D eigenvalue weighted by atomic mass is 79.9. The van der Waals surface area contributed by atoms with Crippen LogP contribution >= 0.6 is 15.9 Å². The van der Waals surface area contributed by atoms with Crippen molar-refractivity contribution in [2.24, 2.45) is 0 Å². The third-order valence-corrected chi connectivity index (χ3v) is 3.53. The number of β-amino-alcohol motifs (C(OH)–C–C–N with tert-alkyl or cyclic N) is 1. The predicted octanol–water partition coefficient (Wildman–Crippen LogP) is 1.37. The molecule has 1 heterocycles. The van der Waals surface area contributed by atoms with Crippen LogP contribution in [-0.4, -0.2) is 55.4 Å². The van der Waals surface area contributed by atoms with Gasteiger partial charge in [0.05, 0.1) is 0 Å². The van der Waals surface area contributed by atoms with E-state index in [0.29, 0.717) is 11.0 Å². The molecule has 2 N–H and O–H groups in total. The summed E-state index contributed by atoms with van der Waals surface area (Å²) in [5.74, 6) is -2.22. The predicted molar refractivity (Wildman–Crippen MR) is 74.9 cm³/mol. The van der Waals surface area contributed by atoms with E-state index >= 15 is 0 Å². The summed E-state index contributed by atoms with van der Waals surface area (Å²) in [6.45, 7) is 3.88. The first-order valence-corrected chi connectivity index (χ1v) is 7.24. The Hall–Kier alpha value is -0.760. The number of hydrogen-bond donors (Lipinski definition) is 2. The zero-order chi connectivity index (χ0) is 14.5. The van der Waals surface area contributed by atoms with Gasteiger partial charge in [-0.3, -0.25) is 4.90 Å². The molecule has 1 unspecified atom stereocenters. The molecule has 0 saturated carbocycles. The topological polar surface area (TPSA) is 44.7 Å². The van der Waals surface area contributed by atoms with Gasteiger partial charge in [-0.05, 0) is 12.1 Å². The van der Waals surface area contributed by atoms with E-state index in [1.165, 1.54) is 6.07 Å². The largest absolute Gasteiger partial charge is 0.488 e. The van der Waals surface area contributed by atoms with Crippen LogP contribution in [0.3, 0.4) is 0 Å². The van der Waals surface area contributed by atoms with E-state index in [4.69, 9.17) is 4.74 Å². The van der Waals surface area contributed by atoms with E-state index in [-0.39, 0.29) is 12.4 Å². The Morgan fingerprint density at radius 1 is 1.35 bits per heavy atom. The van der Waals surface area contributed by atoms with E-state index in [2.05, 4.69) is 26.1 Å². The van der Waals surface area contributed by atoms with Crippen LogP contribution in [0.15, 0.2) is 16.6 Å². The fraction of sp³-hybridized carbons (Fsp3) is 0.538. The number of halogens is 3. The second kappa shape index (κ2) is 7.31. The maximum absolute atomic E-state index is 13.5. The van der Waals surface area contributed by atoms with Crippen LogP contribution in [-0.2, 0) is 0 Å². The van der Waals surface area contributed by atoms with Gasteiger partial charge in [-0.1, -0.05) is 15.9 Å². The maximum Gasteiger partial charge on any atom is 0.200 e. The van der Waals surface area contributed by atoms with E-state index in [0.717, 1.165) is 32.2 Å². The average molecular weight is 351 g/mol. The molecule has 7 heteroatoms. The molecule has 112 valence electrons. The standard InChI is InChI=1S/C13H17BrF2N2O2/c14-9-5-11(15)13(16)12(6-9)20-8-10(19)7-18-3-1-17-2-4-18/h5-6,10,17,19H,1-4,7-8H2. The molecule has 0 spiro atoms. The second-order valence-corrected chi connectivity index (χ2v) is 5.63. The molecule has 2 rings (SSSR count). The second-order valence-electron chi connectivity index (χ2n) is 4.72. The minimum atomic E-state index is -1.04. The lowest BCUT2D eigenvalue weighted by atomic mass is 10.3. The molecule has 1 aliphatic heterocycles. The number of nitrogens with zero attached hydrogens (tertiary/aromatic N) is 1. The van der Waals surface area contributed by atoms with Crippen LogP contribution in [0.1, 0.15) is 0 Å². The van der Waals surface area contributed by atoms with Gasteiger partial charge in [0.15, 0.2) is 11.6 Å². The Morgan fingerprint density at radius 3 is 2.75 bits per heavy atom. The fourth-order valence-corrected chi connectivity index (χ4v) is 2.48. The van der Waals surface area contributed by atoms with Crippen LogP contribution in [0.2, 0.25) is 0 Å². The molecule has 0 aliphatic carbocycles. The number of piperazine rings is 1. The van der Waals surface area contributed by atoms with Crippen LogP contribution < -0.4 is 10.1 Å². The quantitative estimate of drug-likeness (QED) is 0.787. The molecule has 0 bridgehead atoms. The molecular weight excluding hydrogens is 334 g/mol. The minimum absolute atomic E-state index is 0.0727. The van der Waals surface area contributed by atoms with E-state index in [9.17, 15) is 13.9 Å². The minimum Gasteiger partial charge on any atom is -0.488 e. The van der Waals surface area contributed by atoms with Crippen LogP contribution in [0, 0.1) is 11.6 Å². The normalized spacial score (nSPS) is 18.0. The van der Waals surface area contributed by atoms with Crippen molar-refractivity contribution in [1.82, 2.24) is 10.2 Å². The molecule has 1 aromatic carbocycles. The van der Waals surface area contributed by atoms with Crippen LogP contribution in [0.4, 0.5) is 8.78 Å². The summed E-state index contributed by atoms with van der Waals surface area (Å²) in [7, 11) is 0. The third kappa shape index (κ3) is 4.37. The number of nitrogens with one attached hydrogen (secondary N) is 1. The van der Waals surface area contributed by atoms with Gasteiger partial charge in [0.25, 0.3) is 0 Å². The van der Waals surface area contributed by atoms with Gasteiger partial charge in [0.1, 0.15) is 12.7 Å². The molecule has 20 heavy (non-hydrogen) atoms. The molecule has 4 nitrogen and oxygen atoms in total. The number of ether oxygens (including phenoxy) is 1. The van der Waals surface area contributed by atoms with Gasteiger partial charge < -0.3 is 15.2 Å². The van der Waals surface area contributed by atoms with Gasteiger partial charge in [-0.25, -0.2) is 4.39 Å². The van der Waals surface area contributed by atoms with Crippen molar-refractivity contribution >= 4 is 15.9 Å². The first kappa shape index (κ1) is 15.6. The summed E-state index contributed by atoms with van der Waals surface area (Å²) < 4.78 is 32.2. The molecule has 1 atom stereocenters. The van der Waals surface area contributed by atoms with Crippen molar-refractivity contribution in [1.29, 1.82) is 0 Å². The van der Waals surface area contributed by atoms with Crippen molar-refractivity contribution in [3.8, 4) is 5.75 Å². The summed E-state index contributed by atoms with van der Waals surface area (Å²) >= 11 is 3.07. The van der Waals surface area contributed by atoms with Crippen molar-refractivity contribution in [3.05, 3.63) is 28.2 Å². The van der Waals surface area contributed by atoms with Crippen molar-refractivity contribution < 1.29 is 18.6 Å². The van der Waals surface area contributed by atoms with E-state index in [1.54, 1.807) is 0 Å². The molecule has 0 aromatic heterocycles. The lowest BCUT2D eigenvalue weighted by Gasteiger charge is -2.29. The Morgan fingerprint density at radius 2 is 2.05 bits per heavy atom. The van der Waals surface area contributed by atoms with Crippen molar-refractivity contribution in [2.45, 2.75) is 6.10 Å². The van der Waals surface area contributed by atoms with Crippen LogP contribution in [0.25, 0.3) is 0 Å². The number of hydrogen-bond acceptors (Lipinski definition) is 4. The summed E-state index contributed by atoms with van der Waals surface area (Å²) in [6, 6.07) is 2.37. The summed E-state index contributed by atoms with van der Waals surface area (Å²) in [5.41, 5.74) is 0. The Kier molecular flexibility index (Phi) is 5.71. The molecule has 0 amide bonds. The molecule has 1 fully saturated rings. The highest BCUT2D eigenvalue weighted by Crippen LogP contribution is 2.25. The van der Waals surface area contributed by atoms with Gasteiger partial charge in [0, 0.05) is 37.2 Å². The highest BCUT2D eigenvalue weighted by molar-refractivity contribution is 9.10. The molecule has 1 saturated heterocycles. The molecular formula is C13H17BrF2N2O2. The highest BCUT2D eigenvalue weighted by Gasteiger charge is 2.17. The van der Waals surface area contributed by atoms with Gasteiger partial charge in [-0.2, -0.15) is 4.39 Å². The number of rotatable bonds is 5. The number of benzene rings is 1. The number of aliphatic hydroxyl groups is 1. The average Bonchev–Trinajstić information content (AvgIpc) is 2.42. The summed E-state index contributed by atoms with van der Waals surface area (Å²) in [6.07, 6.45) is -0.741. The van der Waals surface area contributed by atoms with E-state index in [1.807, 2.05) is 0 Å². The zero-order valence-electron chi connectivity index (χ0n) is 10.9. The maximum atomic E-state index is 13.5. The lowest BCUT2D eigenvalue weighted by molar-refractivity contribution is 0.0625. The fourth-order valence-electron chi connectivity index (χ4n) is 2.07. The zero-order valence-corrected chi connectivity index (χ0v) is 12.5. The monoisotopic (exact) mass is 350 g/mol. The lowest BCUT2D eigenvalue weighted by Crippen LogP contribution is -2.47. The molecule has 1 aliphatic rings. The molecule has 0 radical (unpaired) electrons. The first-order chi connectivity index (χ1) is 9.56. The summed E-state index contributed by atoms with van der Waals surface area (Å²) in [4.78, 5) is 2.10. The van der Waals surface area contributed by atoms with Crippen LogP contribution in [0.5, 0.6) is 5.75 Å². The Labute approximate surface area is 124 Å². The third-order valence-electron chi connectivity index (χ3n) is 3.07. The number of aliphatic hydroxyl groups excluding tert-OH is 1. The first-order valence-electron chi connectivity index (χ1n) is 6.44. The van der Waals surface area contributed by atoms with Crippen molar-refractivity contribution in [3.63, 3.8) is 0 Å². The Bertz CT molecular complexity index is 456. The van der Waals surface area contributed by atoms with Gasteiger partial charge in [-0.15, -0.1) is 0 Å². The van der Waals surface area contributed by atoms with Gasteiger partial charge in [0.2, 0.25) is 5.82 Å². The smallest absolute Gasteiger partial charge is 0.200 e. The Balaban J connectivity index is 1.85. The summed E-state index contributed by atoms with van der Waals surface area (Å²) in [5, 5.41) is 13.1. The van der Waals surface area contributed by atoms with Gasteiger partial charge >= 0.3 is 0 Å². The SMILES string of the molecule is OC(COc1cc(Br)cc(F)c1F)CN1CCNCC1. The van der Waals surface area contributed by atoms with E-state index < -0.39 is 17.7 Å². The van der Waals surface area contributed by atoms with Crippen molar-refractivity contribution in [2.75, 3.05) is 39.3 Å². The molecule has 1 aromatic rings.